The van der Waals surface area contributed by atoms with Gasteiger partial charge in [-0.05, 0) is 18.6 Å². The van der Waals surface area contributed by atoms with E-state index in [9.17, 15) is 13.2 Å². The monoisotopic (exact) mass is 335 g/mol. The number of hydrogen-bond acceptors (Lipinski definition) is 3. The molecule has 1 aliphatic heterocycles. The Morgan fingerprint density at radius 1 is 1.17 bits per heavy atom. The molecule has 0 bridgehead atoms. The largest absolute Gasteiger partial charge is 0.351 e. The van der Waals surface area contributed by atoms with Gasteiger partial charge in [0.1, 0.15) is 5.69 Å². The molecule has 1 N–H and O–H groups in total. The van der Waals surface area contributed by atoms with Gasteiger partial charge < -0.3 is 9.88 Å². The van der Waals surface area contributed by atoms with E-state index in [1.54, 1.807) is 4.90 Å². The first-order valence-electron chi connectivity index (χ1n) is 7.86. The number of H-pyrrole nitrogens is 1. The lowest BCUT2D eigenvalue weighted by Crippen LogP contribution is -2.51. The van der Waals surface area contributed by atoms with E-state index >= 15 is 0 Å². The lowest BCUT2D eigenvalue weighted by atomic mass is 10.2. The molecule has 2 heterocycles. The summed E-state index contributed by atoms with van der Waals surface area (Å²) in [4.78, 5) is 17.4. The number of para-hydroxylation sites is 1. The van der Waals surface area contributed by atoms with Gasteiger partial charge in [0.2, 0.25) is 10.0 Å². The molecule has 0 radical (unpaired) electrons. The van der Waals surface area contributed by atoms with E-state index in [0.717, 1.165) is 10.9 Å². The third-order valence-corrected chi connectivity index (χ3v) is 6.22. The van der Waals surface area contributed by atoms with Crippen LogP contribution in [0.5, 0.6) is 0 Å². The van der Waals surface area contributed by atoms with Gasteiger partial charge in [-0.25, -0.2) is 8.42 Å². The number of hydrogen-bond donors (Lipinski definition) is 1. The number of carbonyl (C=O) groups excluding carboxylic acids is 1. The fraction of sp³-hybridized carbons (Fsp3) is 0.438. The van der Waals surface area contributed by atoms with Crippen molar-refractivity contribution in [2.45, 2.75) is 13.3 Å². The fourth-order valence-electron chi connectivity index (χ4n) is 2.92. The summed E-state index contributed by atoms with van der Waals surface area (Å²) in [5.41, 5.74) is 1.48. The minimum absolute atomic E-state index is 0.0752. The van der Waals surface area contributed by atoms with E-state index in [1.165, 1.54) is 4.31 Å². The summed E-state index contributed by atoms with van der Waals surface area (Å²) in [7, 11) is -3.18. The van der Waals surface area contributed by atoms with Crippen LogP contribution in [0.3, 0.4) is 0 Å². The maximum absolute atomic E-state index is 12.6. The van der Waals surface area contributed by atoms with E-state index in [1.807, 2.05) is 37.3 Å². The van der Waals surface area contributed by atoms with Crippen molar-refractivity contribution in [1.29, 1.82) is 0 Å². The molecule has 1 saturated heterocycles. The van der Waals surface area contributed by atoms with E-state index in [-0.39, 0.29) is 11.7 Å². The van der Waals surface area contributed by atoms with Crippen LogP contribution in [0.25, 0.3) is 10.9 Å². The van der Waals surface area contributed by atoms with E-state index in [2.05, 4.69) is 4.98 Å². The molecule has 124 valence electrons. The maximum atomic E-state index is 12.6. The van der Waals surface area contributed by atoms with Crippen molar-refractivity contribution in [3.63, 3.8) is 0 Å². The highest BCUT2D eigenvalue weighted by atomic mass is 32.2. The molecule has 0 saturated carbocycles. The minimum atomic E-state index is -3.18. The predicted molar refractivity (Wildman–Crippen MR) is 89.9 cm³/mol. The first kappa shape index (κ1) is 16.0. The number of benzene rings is 1. The number of fused-ring (bicyclic) bond motifs is 1. The lowest BCUT2D eigenvalue weighted by Gasteiger charge is -2.33. The van der Waals surface area contributed by atoms with Crippen LogP contribution in [-0.2, 0) is 10.0 Å². The number of rotatable bonds is 4. The molecule has 0 atom stereocenters. The average molecular weight is 335 g/mol. The van der Waals surface area contributed by atoms with Crippen LogP contribution in [-0.4, -0.2) is 60.4 Å². The Morgan fingerprint density at radius 3 is 2.52 bits per heavy atom. The summed E-state index contributed by atoms with van der Waals surface area (Å²) >= 11 is 0. The second-order valence-corrected chi connectivity index (χ2v) is 7.87. The van der Waals surface area contributed by atoms with Gasteiger partial charge in [-0.1, -0.05) is 25.1 Å². The molecule has 3 rings (SSSR count). The quantitative estimate of drug-likeness (QED) is 0.923. The summed E-state index contributed by atoms with van der Waals surface area (Å²) in [5, 5.41) is 1.00. The molecule has 6 nitrogen and oxygen atoms in total. The number of sulfonamides is 1. The van der Waals surface area contributed by atoms with Crippen LogP contribution in [0.1, 0.15) is 23.8 Å². The highest BCUT2D eigenvalue weighted by Gasteiger charge is 2.29. The zero-order chi connectivity index (χ0) is 16.4. The van der Waals surface area contributed by atoms with Crippen LogP contribution < -0.4 is 0 Å². The molecule has 0 aliphatic carbocycles. The molecule has 1 aromatic carbocycles. The first-order valence-corrected chi connectivity index (χ1v) is 9.47. The van der Waals surface area contributed by atoms with E-state index in [0.29, 0.717) is 38.3 Å². The van der Waals surface area contributed by atoms with Crippen LogP contribution in [0.2, 0.25) is 0 Å². The summed E-state index contributed by atoms with van der Waals surface area (Å²) < 4.78 is 25.6. The summed E-state index contributed by atoms with van der Waals surface area (Å²) in [6, 6.07) is 9.59. The predicted octanol–water partition coefficient (Wildman–Crippen LogP) is 1.67. The number of aromatic nitrogens is 1. The number of nitrogens with zero attached hydrogens (tertiary/aromatic N) is 2. The van der Waals surface area contributed by atoms with Gasteiger partial charge in [-0.3, -0.25) is 4.79 Å². The van der Waals surface area contributed by atoms with E-state index in [4.69, 9.17) is 0 Å². The van der Waals surface area contributed by atoms with Gasteiger partial charge in [-0.15, -0.1) is 0 Å². The van der Waals surface area contributed by atoms with Crippen molar-refractivity contribution < 1.29 is 13.2 Å². The molecule has 1 aliphatic rings. The third kappa shape index (κ3) is 3.25. The molecule has 0 unspecified atom stereocenters. The lowest BCUT2D eigenvalue weighted by molar-refractivity contribution is 0.0693. The second kappa shape index (κ2) is 6.33. The Bertz CT molecular complexity index is 772. The zero-order valence-corrected chi connectivity index (χ0v) is 14.0. The number of nitrogens with one attached hydrogen (secondary N) is 1. The summed E-state index contributed by atoms with van der Waals surface area (Å²) in [6.07, 6.45) is 0.608. The van der Waals surface area contributed by atoms with Gasteiger partial charge in [0.15, 0.2) is 0 Å². The van der Waals surface area contributed by atoms with Crippen molar-refractivity contribution in [3.05, 3.63) is 36.0 Å². The zero-order valence-electron chi connectivity index (χ0n) is 13.2. The Labute approximate surface area is 136 Å². The Kier molecular flexibility index (Phi) is 4.41. The number of piperazine rings is 1. The van der Waals surface area contributed by atoms with E-state index < -0.39 is 10.0 Å². The van der Waals surface area contributed by atoms with Crippen LogP contribution >= 0.6 is 0 Å². The molecule has 23 heavy (non-hydrogen) atoms. The SMILES string of the molecule is CCCS(=O)(=O)N1CCN(C(=O)c2cc3ccccc3[nH]2)CC1. The van der Waals surface area contributed by atoms with Gasteiger partial charge in [-0.2, -0.15) is 4.31 Å². The van der Waals surface area contributed by atoms with Crippen LogP contribution in [0.15, 0.2) is 30.3 Å². The molecular weight excluding hydrogens is 314 g/mol. The van der Waals surface area contributed by atoms with Crippen molar-refractivity contribution in [3.8, 4) is 0 Å². The van der Waals surface area contributed by atoms with Gasteiger partial charge in [0.05, 0.1) is 5.75 Å². The van der Waals surface area contributed by atoms with Crippen molar-refractivity contribution in [1.82, 2.24) is 14.2 Å². The Balaban J connectivity index is 1.68. The maximum Gasteiger partial charge on any atom is 0.270 e. The molecule has 1 aromatic heterocycles. The highest BCUT2D eigenvalue weighted by Crippen LogP contribution is 2.17. The van der Waals surface area contributed by atoms with Gasteiger partial charge in [0, 0.05) is 37.1 Å². The third-order valence-electron chi connectivity index (χ3n) is 4.14. The normalized spacial score (nSPS) is 16.8. The summed E-state index contributed by atoms with van der Waals surface area (Å²) in [5.74, 6) is 0.0944. The van der Waals surface area contributed by atoms with Crippen LogP contribution in [0, 0.1) is 0 Å². The summed E-state index contributed by atoms with van der Waals surface area (Å²) in [6.45, 7) is 3.45. The topological polar surface area (TPSA) is 73.5 Å². The molecular formula is C16H21N3O3S. The molecule has 2 aromatic rings. The second-order valence-electron chi connectivity index (χ2n) is 5.78. The molecule has 7 heteroatoms. The van der Waals surface area contributed by atoms with Gasteiger partial charge in [0.25, 0.3) is 5.91 Å². The first-order chi connectivity index (χ1) is 11.0. The molecule has 1 amide bonds. The minimum Gasteiger partial charge on any atom is -0.351 e. The standard InChI is InChI=1S/C16H21N3O3S/c1-2-11-23(21,22)19-9-7-18(8-10-19)16(20)15-12-13-5-3-4-6-14(13)17-15/h3-6,12,17H,2,7-11H2,1H3. The molecule has 1 fully saturated rings. The fourth-order valence-corrected chi connectivity index (χ4v) is 4.41. The number of aromatic amines is 1. The van der Waals surface area contributed by atoms with Crippen molar-refractivity contribution >= 4 is 26.8 Å². The smallest absolute Gasteiger partial charge is 0.270 e. The number of carbonyl (C=O) groups is 1. The Hall–Kier alpha value is -1.86. The van der Waals surface area contributed by atoms with Crippen LogP contribution in [0.4, 0.5) is 0 Å². The highest BCUT2D eigenvalue weighted by molar-refractivity contribution is 7.89. The van der Waals surface area contributed by atoms with Crippen molar-refractivity contribution in [2.75, 3.05) is 31.9 Å². The average Bonchev–Trinajstić information content (AvgIpc) is 2.98. The van der Waals surface area contributed by atoms with Crippen molar-refractivity contribution in [2.24, 2.45) is 0 Å². The van der Waals surface area contributed by atoms with Gasteiger partial charge >= 0.3 is 0 Å². The molecule has 0 spiro atoms. The Morgan fingerprint density at radius 2 is 1.87 bits per heavy atom. The number of amides is 1.